The number of carbonyl (C=O) groups is 1. The van der Waals surface area contributed by atoms with Crippen molar-refractivity contribution in [2.45, 2.75) is 23.8 Å². The maximum atomic E-state index is 12.6. The molecule has 1 fully saturated rings. The van der Waals surface area contributed by atoms with Gasteiger partial charge in [0.15, 0.2) is 0 Å². The zero-order valence-corrected chi connectivity index (χ0v) is 14.3. The summed E-state index contributed by atoms with van der Waals surface area (Å²) in [6, 6.07) is 7.93. The number of rotatable bonds is 4. The first-order valence-electron chi connectivity index (χ1n) is 7.85. The summed E-state index contributed by atoms with van der Waals surface area (Å²) < 4.78 is 1.81. The molecule has 1 N–H and O–H groups in total. The summed E-state index contributed by atoms with van der Waals surface area (Å²) in [5.41, 5.74) is 1.88. The van der Waals surface area contributed by atoms with Gasteiger partial charge in [-0.05, 0) is 31.2 Å². The second-order valence-corrected chi connectivity index (χ2v) is 6.68. The van der Waals surface area contributed by atoms with Crippen LogP contribution in [0.1, 0.15) is 23.2 Å². The highest BCUT2D eigenvalue weighted by Crippen LogP contribution is 2.22. The number of aromatic nitrogens is 2. The highest BCUT2D eigenvalue weighted by Gasteiger charge is 2.23. The third-order valence-corrected chi connectivity index (χ3v) is 4.96. The van der Waals surface area contributed by atoms with Crippen LogP contribution in [-0.2, 0) is 7.05 Å². The van der Waals surface area contributed by atoms with E-state index in [1.807, 2.05) is 54.6 Å². The molecule has 0 saturated carbocycles. The monoisotopic (exact) mass is 330 g/mol. The Kier molecular flexibility index (Phi) is 4.91. The normalized spacial score (nSPS) is 18.0. The van der Waals surface area contributed by atoms with Gasteiger partial charge in [-0.3, -0.25) is 9.48 Å². The Morgan fingerprint density at radius 1 is 1.39 bits per heavy atom. The molecule has 0 spiro atoms. The largest absolute Gasteiger partial charge is 0.367 e. The van der Waals surface area contributed by atoms with Gasteiger partial charge in [-0.2, -0.15) is 5.10 Å². The van der Waals surface area contributed by atoms with Crippen molar-refractivity contribution in [3.63, 3.8) is 0 Å². The first-order valence-corrected chi connectivity index (χ1v) is 9.07. The zero-order chi connectivity index (χ0) is 16.2. The molecule has 1 aliphatic heterocycles. The molecule has 1 aromatic heterocycles. The summed E-state index contributed by atoms with van der Waals surface area (Å²) >= 11 is 1.60. The van der Waals surface area contributed by atoms with Gasteiger partial charge in [-0.15, -0.1) is 11.8 Å². The highest BCUT2D eigenvalue weighted by molar-refractivity contribution is 7.98. The van der Waals surface area contributed by atoms with Gasteiger partial charge in [0.05, 0.1) is 17.4 Å². The molecule has 1 unspecified atom stereocenters. The molecule has 1 aromatic carbocycles. The van der Waals surface area contributed by atoms with Gasteiger partial charge >= 0.3 is 0 Å². The molecule has 3 rings (SSSR count). The number of carbonyl (C=O) groups excluding carboxylic acids is 1. The average molecular weight is 330 g/mol. The van der Waals surface area contributed by atoms with E-state index in [4.69, 9.17) is 0 Å². The van der Waals surface area contributed by atoms with Crippen LogP contribution in [0, 0.1) is 0 Å². The second kappa shape index (κ2) is 7.08. The number of amides is 1. The third kappa shape index (κ3) is 3.69. The van der Waals surface area contributed by atoms with Crippen LogP contribution in [0.4, 0.5) is 5.69 Å². The first-order chi connectivity index (χ1) is 11.2. The molecule has 0 radical (unpaired) electrons. The number of aryl methyl sites for hydroxylation is 1. The van der Waals surface area contributed by atoms with E-state index in [9.17, 15) is 4.79 Å². The van der Waals surface area contributed by atoms with Crippen LogP contribution in [-0.4, -0.2) is 41.1 Å². The van der Waals surface area contributed by atoms with Crippen LogP contribution in [0.25, 0.3) is 0 Å². The lowest BCUT2D eigenvalue weighted by Crippen LogP contribution is -2.47. The topological polar surface area (TPSA) is 50.2 Å². The zero-order valence-electron chi connectivity index (χ0n) is 13.5. The van der Waals surface area contributed by atoms with Crippen molar-refractivity contribution in [3.05, 3.63) is 42.2 Å². The van der Waals surface area contributed by atoms with Gasteiger partial charge < -0.3 is 10.2 Å². The fraction of sp³-hybridized carbons (Fsp3) is 0.412. The van der Waals surface area contributed by atoms with Gasteiger partial charge in [0.1, 0.15) is 0 Å². The first kappa shape index (κ1) is 15.9. The Balaban J connectivity index is 1.66. The molecule has 5 nitrogen and oxygen atoms in total. The van der Waals surface area contributed by atoms with E-state index < -0.39 is 0 Å². The number of anilines is 1. The molecule has 1 atom stereocenters. The molecule has 0 aliphatic carbocycles. The molecular weight excluding hydrogens is 308 g/mol. The quantitative estimate of drug-likeness (QED) is 0.875. The molecular formula is C17H22N4OS. The fourth-order valence-corrected chi connectivity index (χ4v) is 3.59. The molecule has 0 bridgehead atoms. The molecule has 122 valence electrons. The van der Waals surface area contributed by atoms with E-state index in [1.165, 1.54) is 0 Å². The second-order valence-electron chi connectivity index (χ2n) is 5.83. The maximum Gasteiger partial charge on any atom is 0.252 e. The summed E-state index contributed by atoms with van der Waals surface area (Å²) in [4.78, 5) is 15.9. The average Bonchev–Trinajstić information content (AvgIpc) is 3.01. The summed E-state index contributed by atoms with van der Waals surface area (Å²) in [7, 11) is 1.92. The highest BCUT2D eigenvalue weighted by atomic mass is 32.2. The van der Waals surface area contributed by atoms with Crippen LogP contribution in [0.15, 0.2) is 41.6 Å². The van der Waals surface area contributed by atoms with Crippen molar-refractivity contribution in [2.24, 2.45) is 7.05 Å². The molecule has 2 heterocycles. The minimum absolute atomic E-state index is 0.0213. The molecule has 23 heavy (non-hydrogen) atoms. The number of nitrogens with one attached hydrogen (secondary N) is 1. The maximum absolute atomic E-state index is 12.6. The van der Waals surface area contributed by atoms with Crippen molar-refractivity contribution in [1.29, 1.82) is 0 Å². The Labute approximate surface area is 141 Å². The number of hydrogen-bond donors (Lipinski definition) is 1. The number of thioether (sulfide) groups is 1. The molecule has 6 heteroatoms. The Hall–Kier alpha value is -1.95. The van der Waals surface area contributed by atoms with Gasteiger partial charge in [0, 0.05) is 37.3 Å². The van der Waals surface area contributed by atoms with E-state index in [-0.39, 0.29) is 11.9 Å². The minimum Gasteiger partial charge on any atom is -0.367 e. The number of piperidine rings is 1. The molecule has 1 aliphatic rings. The van der Waals surface area contributed by atoms with E-state index in [1.54, 1.807) is 11.8 Å². The number of hydrogen-bond acceptors (Lipinski definition) is 4. The van der Waals surface area contributed by atoms with Crippen molar-refractivity contribution >= 4 is 23.4 Å². The number of benzene rings is 1. The van der Waals surface area contributed by atoms with Crippen LogP contribution in [0.2, 0.25) is 0 Å². The van der Waals surface area contributed by atoms with E-state index in [0.29, 0.717) is 0 Å². The smallest absolute Gasteiger partial charge is 0.252 e. The lowest BCUT2D eigenvalue weighted by atomic mass is 10.0. The minimum atomic E-state index is 0.0213. The predicted molar refractivity (Wildman–Crippen MR) is 94.1 cm³/mol. The van der Waals surface area contributed by atoms with Crippen molar-refractivity contribution < 1.29 is 4.79 Å². The molecule has 1 amide bonds. The van der Waals surface area contributed by atoms with Crippen LogP contribution in [0.5, 0.6) is 0 Å². The fourth-order valence-electron chi connectivity index (χ4n) is 3.00. The molecule has 2 aromatic rings. The Morgan fingerprint density at radius 3 is 2.96 bits per heavy atom. The van der Waals surface area contributed by atoms with E-state index in [0.717, 1.165) is 42.1 Å². The SMILES string of the molecule is CSc1ccccc1C(=O)NC1CCCN(c2cnn(C)c2)C1. The van der Waals surface area contributed by atoms with Crippen molar-refractivity contribution in [3.8, 4) is 0 Å². The van der Waals surface area contributed by atoms with E-state index >= 15 is 0 Å². The van der Waals surface area contributed by atoms with Crippen LogP contribution < -0.4 is 10.2 Å². The van der Waals surface area contributed by atoms with Gasteiger partial charge in [0.2, 0.25) is 0 Å². The van der Waals surface area contributed by atoms with E-state index in [2.05, 4.69) is 15.3 Å². The van der Waals surface area contributed by atoms with Gasteiger partial charge in [-0.1, -0.05) is 12.1 Å². The van der Waals surface area contributed by atoms with Gasteiger partial charge in [-0.25, -0.2) is 0 Å². The van der Waals surface area contributed by atoms with Crippen LogP contribution in [0.3, 0.4) is 0 Å². The lowest BCUT2D eigenvalue weighted by molar-refractivity contribution is 0.0930. The lowest BCUT2D eigenvalue weighted by Gasteiger charge is -2.33. The third-order valence-electron chi connectivity index (χ3n) is 4.16. The van der Waals surface area contributed by atoms with Crippen LogP contribution >= 0.6 is 11.8 Å². The van der Waals surface area contributed by atoms with Crippen molar-refractivity contribution in [1.82, 2.24) is 15.1 Å². The van der Waals surface area contributed by atoms with Crippen molar-refractivity contribution in [2.75, 3.05) is 24.2 Å². The predicted octanol–water partition coefficient (Wildman–Crippen LogP) is 2.54. The summed E-state index contributed by atoms with van der Waals surface area (Å²) in [5.74, 6) is 0.0213. The Bertz CT molecular complexity index is 685. The number of nitrogens with zero attached hydrogens (tertiary/aromatic N) is 3. The summed E-state index contributed by atoms with van der Waals surface area (Å²) in [6.45, 7) is 1.85. The Morgan fingerprint density at radius 2 is 2.22 bits per heavy atom. The summed E-state index contributed by atoms with van der Waals surface area (Å²) in [6.07, 6.45) is 7.99. The standard InChI is InChI=1S/C17H22N4OS/c1-20-12-14(10-18-20)21-9-5-6-13(11-21)19-17(22)15-7-3-4-8-16(15)23-2/h3-4,7-8,10,12-13H,5-6,9,11H2,1-2H3,(H,19,22). The van der Waals surface area contributed by atoms with Gasteiger partial charge in [0.25, 0.3) is 5.91 Å². The molecule has 1 saturated heterocycles. The summed E-state index contributed by atoms with van der Waals surface area (Å²) in [5, 5.41) is 7.43.